The monoisotopic (exact) mass is 286 g/mol. The van der Waals surface area contributed by atoms with Gasteiger partial charge in [-0.2, -0.15) is 0 Å². The number of carbonyl (C=O) groups excluding carboxylic acids is 1. The van der Waals surface area contributed by atoms with Crippen molar-refractivity contribution in [1.82, 2.24) is 5.32 Å². The Morgan fingerprint density at radius 2 is 2.26 bits per heavy atom. The van der Waals surface area contributed by atoms with Crippen LogP contribution in [0.1, 0.15) is 20.3 Å². The van der Waals surface area contributed by atoms with Crippen molar-refractivity contribution in [2.45, 2.75) is 26.4 Å². The summed E-state index contributed by atoms with van der Waals surface area (Å²) >= 11 is 5.87. The van der Waals surface area contributed by atoms with Gasteiger partial charge in [0.2, 0.25) is 0 Å². The molecule has 0 radical (unpaired) electrons. The standard InChI is InChI=1S/C12H15ClN2O4/c1-3-6-14-12(16)8(2)19-11-7-9(15(17)18)4-5-10(11)13/h4-5,7-8H,3,6H2,1-2H3,(H,14,16). The van der Waals surface area contributed by atoms with Crippen molar-refractivity contribution in [3.05, 3.63) is 33.3 Å². The average molecular weight is 287 g/mol. The largest absolute Gasteiger partial charge is 0.479 e. The number of benzene rings is 1. The zero-order chi connectivity index (χ0) is 14.4. The minimum absolute atomic E-state index is 0.120. The number of hydrogen-bond donors (Lipinski definition) is 1. The molecule has 0 bridgehead atoms. The van der Waals surface area contributed by atoms with Crippen LogP contribution in [0.4, 0.5) is 5.69 Å². The number of nitrogens with zero attached hydrogens (tertiary/aromatic N) is 1. The molecule has 6 nitrogen and oxygen atoms in total. The molecule has 0 aliphatic carbocycles. The normalized spacial score (nSPS) is 11.7. The third kappa shape index (κ3) is 4.40. The molecule has 1 unspecified atom stereocenters. The van der Waals surface area contributed by atoms with Crippen molar-refractivity contribution >= 4 is 23.2 Å². The zero-order valence-electron chi connectivity index (χ0n) is 10.7. The number of ether oxygens (including phenoxy) is 1. The number of nitro benzene ring substituents is 1. The van der Waals surface area contributed by atoms with Gasteiger partial charge in [0.1, 0.15) is 5.75 Å². The second-order valence-corrected chi connectivity index (χ2v) is 4.33. The molecule has 0 saturated heterocycles. The van der Waals surface area contributed by atoms with E-state index in [0.717, 1.165) is 6.42 Å². The minimum atomic E-state index is -0.772. The van der Waals surface area contributed by atoms with Crippen molar-refractivity contribution in [2.24, 2.45) is 0 Å². The van der Waals surface area contributed by atoms with Gasteiger partial charge in [-0.05, 0) is 19.4 Å². The van der Waals surface area contributed by atoms with Crippen LogP contribution < -0.4 is 10.1 Å². The Kier molecular flexibility index (Phi) is 5.57. The number of rotatable bonds is 6. The number of amides is 1. The summed E-state index contributed by atoms with van der Waals surface area (Å²) in [5.41, 5.74) is -0.138. The Hall–Kier alpha value is -1.82. The molecule has 104 valence electrons. The van der Waals surface area contributed by atoms with Crippen molar-refractivity contribution in [2.75, 3.05) is 6.54 Å². The smallest absolute Gasteiger partial charge is 0.273 e. The van der Waals surface area contributed by atoms with E-state index in [-0.39, 0.29) is 22.4 Å². The van der Waals surface area contributed by atoms with Gasteiger partial charge in [0, 0.05) is 12.6 Å². The predicted octanol–water partition coefficient (Wildman–Crippen LogP) is 2.54. The molecule has 1 aromatic rings. The molecule has 19 heavy (non-hydrogen) atoms. The molecule has 1 amide bonds. The van der Waals surface area contributed by atoms with E-state index in [2.05, 4.69) is 5.32 Å². The third-order valence-electron chi connectivity index (χ3n) is 2.35. The highest BCUT2D eigenvalue weighted by atomic mass is 35.5. The van der Waals surface area contributed by atoms with Crippen molar-refractivity contribution < 1.29 is 14.5 Å². The van der Waals surface area contributed by atoms with Crippen LogP contribution in [0.5, 0.6) is 5.75 Å². The van der Waals surface area contributed by atoms with Crippen LogP contribution in [0, 0.1) is 10.1 Å². The lowest BCUT2D eigenvalue weighted by atomic mass is 10.3. The Bertz CT molecular complexity index is 479. The Morgan fingerprint density at radius 1 is 1.58 bits per heavy atom. The van der Waals surface area contributed by atoms with Crippen molar-refractivity contribution in [3.63, 3.8) is 0 Å². The van der Waals surface area contributed by atoms with Crippen LogP contribution in [-0.4, -0.2) is 23.5 Å². The lowest BCUT2D eigenvalue weighted by molar-refractivity contribution is -0.384. The van der Waals surface area contributed by atoms with Crippen LogP contribution in [0.15, 0.2) is 18.2 Å². The molecule has 0 spiro atoms. The number of non-ortho nitro benzene ring substituents is 1. The highest BCUT2D eigenvalue weighted by Gasteiger charge is 2.17. The predicted molar refractivity (Wildman–Crippen MR) is 71.5 cm³/mol. The Labute approximate surface area is 115 Å². The Morgan fingerprint density at radius 3 is 2.84 bits per heavy atom. The number of halogens is 1. The number of carbonyl (C=O) groups is 1. The van der Waals surface area contributed by atoms with Gasteiger partial charge in [-0.15, -0.1) is 0 Å². The summed E-state index contributed by atoms with van der Waals surface area (Å²) in [7, 11) is 0. The van der Waals surface area contributed by atoms with E-state index in [1.807, 2.05) is 6.92 Å². The molecule has 1 atom stereocenters. The van der Waals surface area contributed by atoms with Crippen LogP contribution in [-0.2, 0) is 4.79 Å². The fourth-order valence-corrected chi connectivity index (χ4v) is 1.49. The summed E-state index contributed by atoms with van der Waals surface area (Å²) in [5.74, 6) is -0.167. The first kappa shape index (κ1) is 15.2. The van der Waals surface area contributed by atoms with Gasteiger partial charge in [-0.1, -0.05) is 18.5 Å². The van der Waals surface area contributed by atoms with Crippen LogP contribution in [0.2, 0.25) is 5.02 Å². The van der Waals surface area contributed by atoms with Gasteiger partial charge in [0.25, 0.3) is 11.6 Å². The SMILES string of the molecule is CCCNC(=O)C(C)Oc1cc([N+](=O)[O-])ccc1Cl. The molecule has 0 saturated carbocycles. The van der Waals surface area contributed by atoms with Gasteiger partial charge in [-0.25, -0.2) is 0 Å². The highest BCUT2D eigenvalue weighted by Crippen LogP contribution is 2.29. The minimum Gasteiger partial charge on any atom is -0.479 e. The van der Waals surface area contributed by atoms with Crippen LogP contribution in [0.25, 0.3) is 0 Å². The van der Waals surface area contributed by atoms with Gasteiger partial charge in [-0.3, -0.25) is 14.9 Å². The summed E-state index contributed by atoms with van der Waals surface area (Å²) in [6.07, 6.45) is 0.0433. The maximum absolute atomic E-state index is 11.6. The molecule has 1 aromatic carbocycles. The first-order valence-electron chi connectivity index (χ1n) is 5.84. The number of hydrogen-bond acceptors (Lipinski definition) is 4. The topological polar surface area (TPSA) is 81.5 Å². The maximum atomic E-state index is 11.6. The molecule has 1 N–H and O–H groups in total. The molecular formula is C12H15ClN2O4. The summed E-state index contributed by atoms with van der Waals surface area (Å²) in [5, 5.41) is 13.5. The van der Waals surface area contributed by atoms with E-state index in [4.69, 9.17) is 16.3 Å². The summed E-state index contributed by atoms with van der Waals surface area (Å²) in [6, 6.07) is 3.84. The first-order chi connectivity index (χ1) is 8.95. The molecule has 0 aromatic heterocycles. The molecule has 0 fully saturated rings. The Balaban J connectivity index is 2.78. The lowest BCUT2D eigenvalue weighted by Gasteiger charge is -2.15. The maximum Gasteiger partial charge on any atom is 0.273 e. The average Bonchev–Trinajstić information content (AvgIpc) is 2.38. The molecule has 0 aliphatic heterocycles. The van der Waals surface area contributed by atoms with E-state index in [1.54, 1.807) is 6.92 Å². The number of nitro groups is 1. The van der Waals surface area contributed by atoms with E-state index in [1.165, 1.54) is 18.2 Å². The second-order valence-electron chi connectivity index (χ2n) is 3.92. The lowest BCUT2D eigenvalue weighted by Crippen LogP contribution is -2.36. The zero-order valence-corrected chi connectivity index (χ0v) is 11.4. The quantitative estimate of drug-likeness (QED) is 0.643. The van der Waals surface area contributed by atoms with Gasteiger partial charge < -0.3 is 10.1 Å². The molecule has 7 heteroatoms. The first-order valence-corrected chi connectivity index (χ1v) is 6.21. The summed E-state index contributed by atoms with van der Waals surface area (Å²) in [4.78, 5) is 21.7. The van der Waals surface area contributed by atoms with Crippen molar-refractivity contribution in [1.29, 1.82) is 0 Å². The van der Waals surface area contributed by atoms with Gasteiger partial charge in [0.15, 0.2) is 6.10 Å². The third-order valence-corrected chi connectivity index (χ3v) is 2.66. The number of nitrogens with one attached hydrogen (secondary N) is 1. The van der Waals surface area contributed by atoms with Gasteiger partial charge in [0.05, 0.1) is 16.0 Å². The molecule has 0 aliphatic rings. The van der Waals surface area contributed by atoms with E-state index in [9.17, 15) is 14.9 Å². The summed E-state index contributed by atoms with van der Waals surface area (Å²) in [6.45, 7) is 4.04. The fourth-order valence-electron chi connectivity index (χ4n) is 1.33. The van der Waals surface area contributed by atoms with Crippen LogP contribution in [0.3, 0.4) is 0 Å². The fraction of sp³-hybridized carbons (Fsp3) is 0.417. The summed E-state index contributed by atoms with van der Waals surface area (Å²) < 4.78 is 5.35. The molecular weight excluding hydrogens is 272 g/mol. The molecule has 0 heterocycles. The second kappa shape index (κ2) is 6.94. The molecule has 1 rings (SSSR count). The van der Waals surface area contributed by atoms with E-state index < -0.39 is 11.0 Å². The van der Waals surface area contributed by atoms with E-state index >= 15 is 0 Å². The van der Waals surface area contributed by atoms with Gasteiger partial charge >= 0.3 is 0 Å². The highest BCUT2D eigenvalue weighted by molar-refractivity contribution is 6.32. The van der Waals surface area contributed by atoms with Crippen molar-refractivity contribution in [3.8, 4) is 5.75 Å². The van der Waals surface area contributed by atoms with E-state index in [0.29, 0.717) is 6.54 Å². The van der Waals surface area contributed by atoms with Crippen LogP contribution >= 0.6 is 11.6 Å².